The monoisotopic (exact) mass is 487 g/mol. The minimum Gasteiger partial charge on any atom is -0.444 e. The number of hydrogen-bond donors (Lipinski definition) is 1. The number of imide groups is 2. The lowest BCUT2D eigenvalue weighted by atomic mass is 10.1. The number of ether oxygens (including phenoxy) is 1. The van der Waals surface area contributed by atoms with Gasteiger partial charge in [-0.3, -0.25) is 19.2 Å². The number of thioether (sulfide) groups is 1. The van der Waals surface area contributed by atoms with Crippen LogP contribution >= 0.6 is 11.8 Å². The summed E-state index contributed by atoms with van der Waals surface area (Å²) >= 11 is 0.404. The summed E-state index contributed by atoms with van der Waals surface area (Å²) in [5, 5.41) is 2.10. The van der Waals surface area contributed by atoms with E-state index in [9.17, 15) is 33.6 Å². The second-order valence-electron chi connectivity index (χ2n) is 8.43. The first-order chi connectivity index (χ1) is 15.2. The van der Waals surface area contributed by atoms with E-state index in [1.807, 2.05) is 0 Å². The number of hydrogen-bond acceptors (Lipinski definition) is 11. The fourth-order valence-corrected chi connectivity index (χ4v) is 3.56. The van der Waals surface area contributed by atoms with E-state index in [-0.39, 0.29) is 32.1 Å². The highest BCUT2D eigenvalue weighted by atomic mass is 32.2. The lowest BCUT2D eigenvalue weighted by Gasteiger charge is -2.30. The van der Waals surface area contributed by atoms with E-state index in [2.05, 4.69) is 5.32 Å². The number of alkyl carbamates (subject to hydrolysis) is 1. The van der Waals surface area contributed by atoms with Gasteiger partial charge < -0.3 is 19.7 Å². The molecule has 13 nitrogen and oxygen atoms in total. The molecule has 14 heteroatoms. The molecule has 2 aliphatic heterocycles. The summed E-state index contributed by atoms with van der Waals surface area (Å²) in [6.45, 7) is 6.25. The molecule has 1 atom stereocenters. The molecular weight excluding hydrogens is 462 g/mol. The van der Waals surface area contributed by atoms with Crippen molar-refractivity contribution in [3.05, 3.63) is 0 Å². The Hall–Kier alpha value is -3.16. The van der Waals surface area contributed by atoms with Crippen molar-refractivity contribution < 1.29 is 48.0 Å². The molecule has 1 N–H and O–H groups in total. The summed E-state index contributed by atoms with van der Waals surface area (Å²) in [4.78, 5) is 91.4. The minimum atomic E-state index is -1.51. The SMILES string of the molecule is CC(C)(C)OC(=O)NC(C)(CCC(=O)ON1C(=O)CCC1=O)SC(=O)ON1C(=O)CCC1=O. The molecule has 0 aromatic heterocycles. The third-order valence-electron chi connectivity index (χ3n) is 4.25. The van der Waals surface area contributed by atoms with Crippen molar-refractivity contribution >= 4 is 52.8 Å². The van der Waals surface area contributed by atoms with Crippen LogP contribution in [0, 0.1) is 0 Å². The molecular formula is C19H25N3O10S. The molecule has 0 aliphatic carbocycles. The Morgan fingerprint density at radius 2 is 1.30 bits per heavy atom. The number of amides is 5. The second kappa shape index (κ2) is 10.2. The molecule has 2 heterocycles. The van der Waals surface area contributed by atoms with E-state index in [1.165, 1.54) is 6.92 Å². The van der Waals surface area contributed by atoms with Gasteiger partial charge in [0.15, 0.2) is 0 Å². The van der Waals surface area contributed by atoms with Crippen molar-refractivity contribution in [2.75, 3.05) is 0 Å². The molecule has 2 saturated heterocycles. The summed E-state index contributed by atoms with van der Waals surface area (Å²) in [5.41, 5.74) is -0.861. The van der Waals surface area contributed by atoms with Crippen molar-refractivity contribution in [2.45, 2.75) is 76.7 Å². The molecule has 2 rings (SSSR count). The minimum absolute atomic E-state index is 0.0698. The number of nitrogens with zero attached hydrogens (tertiary/aromatic N) is 2. The highest BCUT2D eigenvalue weighted by Crippen LogP contribution is 2.31. The van der Waals surface area contributed by atoms with Crippen molar-refractivity contribution in [3.63, 3.8) is 0 Å². The largest absolute Gasteiger partial charge is 0.444 e. The predicted octanol–water partition coefficient (Wildman–Crippen LogP) is 1.55. The summed E-state index contributed by atoms with van der Waals surface area (Å²) in [6.07, 6.45) is -1.86. The van der Waals surface area contributed by atoms with Gasteiger partial charge in [0, 0.05) is 25.7 Å². The van der Waals surface area contributed by atoms with Gasteiger partial charge in [-0.15, -0.1) is 10.1 Å². The van der Waals surface area contributed by atoms with E-state index >= 15 is 0 Å². The Morgan fingerprint density at radius 3 is 1.76 bits per heavy atom. The Labute approximate surface area is 193 Å². The lowest BCUT2D eigenvalue weighted by molar-refractivity contribution is -0.197. The molecule has 33 heavy (non-hydrogen) atoms. The van der Waals surface area contributed by atoms with Crippen molar-refractivity contribution in [1.29, 1.82) is 0 Å². The topological polar surface area (TPSA) is 166 Å². The Morgan fingerprint density at radius 1 is 0.848 bits per heavy atom. The molecule has 182 valence electrons. The number of rotatable bonds is 7. The van der Waals surface area contributed by atoms with Gasteiger partial charge >= 0.3 is 17.4 Å². The third-order valence-corrected chi connectivity index (χ3v) is 5.25. The molecule has 0 aromatic rings. The van der Waals surface area contributed by atoms with E-state index in [0.717, 1.165) is 0 Å². The van der Waals surface area contributed by atoms with Crippen LogP contribution in [0.3, 0.4) is 0 Å². The maximum absolute atomic E-state index is 12.4. The van der Waals surface area contributed by atoms with Gasteiger partial charge in [-0.1, -0.05) is 0 Å². The summed E-state index contributed by atoms with van der Waals surface area (Å²) in [7, 11) is 0. The molecule has 0 saturated carbocycles. The van der Waals surface area contributed by atoms with Crippen molar-refractivity contribution in [1.82, 2.24) is 15.4 Å². The molecule has 0 aromatic carbocycles. The van der Waals surface area contributed by atoms with E-state index in [4.69, 9.17) is 14.4 Å². The number of carbonyl (C=O) groups excluding carboxylic acids is 7. The fraction of sp³-hybridized carbons (Fsp3) is 0.632. The van der Waals surface area contributed by atoms with E-state index < -0.39 is 57.9 Å². The predicted molar refractivity (Wildman–Crippen MR) is 109 cm³/mol. The summed E-state index contributed by atoms with van der Waals surface area (Å²) in [6, 6.07) is 0. The average Bonchev–Trinajstić information content (AvgIpc) is 3.15. The first-order valence-corrected chi connectivity index (χ1v) is 10.9. The number of hydroxylamine groups is 4. The normalized spacial score (nSPS) is 18.3. The summed E-state index contributed by atoms with van der Waals surface area (Å²) < 4.78 is 5.18. The van der Waals surface area contributed by atoms with Crippen LogP contribution in [0.15, 0.2) is 0 Å². The van der Waals surface area contributed by atoms with Crippen LogP contribution in [0.5, 0.6) is 0 Å². The molecule has 0 radical (unpaired) electrons. The van der Waals surface area contributed by atoms with Crippen LogP contribution in [0.2, 0.25) is 0 Å². The van der Waals surface area contributed by atoms with E-state index in [0.29, 0.717) is 21.9 Å². The molecule has 1 unspecified atom stereocenters. The van der Waals surface area contributed by atoms with Crippen LogP contribution in [0.4, 0.5) is 9.59 Å². The third kappa shape index (κ3) is 7.73. The maximum atomic E-state index is 12.4. The van der Waals surface area contributed by atoms with Crippen molar-refractivity contribution in [2.24, 2.45) is 0 Å². The van der Waals surface area contributed by atoms with Gasteiger partial charge in [0.05, 0.1) is 11.3 Å². The van der Waals surface area contributed by atoms with E-state index in [1.54, 1.807) is 20.8 Å². The van der Waals surface area contributed by atoms with Gasteiger partial charge in [-0.2, -0.15) is 0 Å². The van der Waals surface area contributed by atoms with Crippen LogP contribution in [0.1, 0.15) is 66.2 Å². The number of carbonyl (C=O) groups is 7. The van der Waals surface area contributed by atoms with Gasteiger partial charge in [0.2, 0.25) is 0 Å². The first-order valence-electron chi connectivity index (χ1n) is 10.0. The Bertz CT molecular complexity index is 852. The molecule has 2 aliphatic rings. The molecule has 0 spiro atoms. The molecule has 2 fully saturated rings. The fourth-order valence-electron chi connectivity index (χ4n) is 2.74. The van der Waals surface area contributed by atoms with Crippen LogP contribution in [-0.4, -0.2) is 61.6 Å². The smallest absolute Gasteiger partial charge is 0.408 e. The Kier molecular flexibility index (Phi) is 8.06. The highest BCUT2D eigenvalue weighted by molar-refractivity contribution is 8.14. The van der Waals surface area contributed by atoms with Gasteiger partial charge in [-0.05, 0) is 45.9 Å². The zero-order valence-corrected chi connectivity index (χ0v) is 19.4. The van der Waals surface area contributed by atoms with Gasteiger partial charge in [-0.25, -0.2) is 14.4 Å². The lowest BCUT2D eigenvalue weighted by Crippen LogP contribution is -2.47. The van der Waals surface area contributed by atoms with Crippen LogP contribution in [-0.2, 0) is 38.4 Å². The zero-order chi connectivity index (χ0) is 25.0. The molecule has 0 bridgehead atoms. The second-order valence-corrected chi connectivity index (χ2v) is 9.87. The van der Waals surface area contributed by atoms with Crippen LogP contribution in [0.25, 0.3) is 0 Å². The van der Waals surface area contributed by atoms with Crippen LogP contribution < -0.4 is 5.32 Å². The standard InChI is InChI=1S/C19H25N3O10S/c1-18(2,3)30-16(28)20-19(4,33-17(29)32-22-13(25)7-8-14(22)26)10-9-15(27)31-21-11(23)5-6-12(21)24/h5-10H2,1-4H3,(H,20,28). The van der Waals surface area contributed by atoms with Gasteiger partial charge in [0.1, 0.15) is 5.60 Å². The van der Waals surface area contributed by atoms with Gasteiger partial charge in [0.25, 0.3) is 23.6 Å². The molecule has 5 amide bonds. The summed E-state index contributed by atoms with van der Waals surface area (Å²) in [5.74, 6) is -3.62. The van der Waals surface area contributed by atoms with Crippen molar-refractivity contribution in [3.8, 4) is 0 Å². The maximum Gasteiger partial charge on any atom is 0.408 e. The quantitative estimate of drug-likeness (QED) is 0.409. The zero-order valence-electron chi connectivity index (χ0n) is 18.6. The first kappa shape index (κ1) is 26.1. The average molecular weight is 487 g/mol. The highest BCUT2D eigenvalue weighted by Gasteiger charge is 2.39. The Balaban J connectivity index is 2.04. The number of nitrogens with one attached hydrogen (secondary N) is 1.